The molecule has 4 fully saturated rings. The second-order valence-corrected chi connectivity index (χ2v) is 12.6. The second kappa shape index (κ2) is 9.13. The summed E-state index contributed by atoms with van der Waals surface area (Å²) in [6, 6.07) is 9.39. The van der Waals surface area contributed by atoms with E-state index in [1.165, 1.54) is 0 Å². The van der Waals surface area contributed by atoms with Crippen LogP contribution in [-0.4, -0.2) is 51.3 Å². The van der Waals surface area contributed by atoms with Crippen LogP contribution in [0.3, 0.4) is 0 Å². The first kappa shape index (κ1) is 25.2. The Kier molecular flexibility index (Phi) is 6.57. The van der Waals surface area contributed by atoms with Gasteiger partial charge in [0.05, 0.1) is 30.8 Å². The molecule has 0 unspecified atom stereocenters. The average molecular weight is 487 g/mol. The average Bonchev–Trinajstić information content (AvgIpc) is 3.16. The molecule has 5 rings (SSSR count). The Morgan fingerprint density at radius 2 is 1.66 bits per heavy atom. The zero-order valence-electron chi connectivity index (χ0n) is 21.2. The Balaban J connectivity index is 1.39. The van der Waals surface area contributed by atoms with E-state index < -0.39 is 24.4 Å². The number of benzene rings is 1. The van der Waals surface area contributed by atoms with Gasteiger partial charge in [0.1, 0.15) is 6.10 Å². The van der Waals surface area contributed by atoms with Gasteiger partial charge in [0.15, 0.2) is 0 Å². The van der Waals surface area contributed by atoms with Crippen molar-refractivity contribution in [3.8, 4) is 0 Å². The molecule has 0 spiro atoms. The monoisotopic (exact) mass is 486 g/mol. The van der Waals surface area contributed by atoms with Gasteiger partial charge in [-0.25, -0.2) is 0 Å². The number of carbonyl (C=O) groups excluding carboxylic acids is 1. The standard InChI is InChI=1S/C29H42O6/c1-16(25(32)26(33)17-7-5-4-6-8-17)19-9-10-20-18-15-35-27(34)22-13-23(30)24(31)14-29(22,3)21(18)11-12-28(19,20)2/h4-8,16,18-26,30-33H,9-15H2,1-3H3/t16-,18-,19+,20-,21-,22+,23-,24+,25+,26+,28+,29+/m0/s1. The number of esters is 1. The van der Waals surface area contributed by atoms with Gasteiger partial charge in [-0.15, -0.1) is 0 Å². The molecule has 3 aliphatic carbocycles. The van der Waals surface area contributed by atoms with Crippen molar-refractivity contribution in [2.24, 2.45) is 46.3 Å². The first-order valence-corrected chi connectivity index (χ1v) is 13.5. The Morgan fingerprint density at radius 3 is 2.37 bits per heavy atom. The van der Waals surface area contributed by atoms with E-state index in [1.807, 2.05) is 30.3 Å². The summed E-state index contributed by atoms with van der Waals surface area (Å²) in [6.07, 6.45) is 1.21. The fourth-order valence-electron chi connectivity index (χ4n) is 9.07. The molecule has 6 heteroatoms. The summed E-state index contributed by atoms with van der Waals surface area (Å²) >= 11 is 0. The van der Waals surface area contributed by atoms with Crippen molar-refractivity contribution in [1.82, 2.24) is 0 Å². The van der Waals surface area contributed by atoms with Crippen LogP contribution in [-0.2, 0) is 9.53 Å². The summed E-state index contributed by atoms with van der Waals surface area (Å²) in [7, 11) is 0. The Bertz CT molecular complexity index is 921. The zero-order valence-corrected chi connectivity index (χ0v) is 21.2. The molecule has 0 aromatic heterocycles. The molecule has 12 atom stereocenters. The van der Waals surface area contributed by atoms with Crippen LogP contribution in [0.1, 0.15) is 71.0 Å². The van der Waals surface area contributed by atoms with Crippen LogP contribution < -0.4 is 0 Å². The maximum Gasteiger partial charge on any atom is 0.309 e. The van der Waals surface area contributed by atoms with Crippen LogP contribution in [0.2, 0.25) is 0 Å². The molecule has 1 aromatic rings. The molecule has 0 amide bonds. The van der Waals surface area contributed by atoms with Crippen molar-refractivity contribution in [3.63, 3.8) is 0 Å². The Labute approximate surface area is 208 Å². The Morgan fingerprint density at radius 1 is 0.971 bits per heavy atom. The first-order chi connectivity index (χ1) is 16.6. The highest BCUT2D eigenvalue weighted by atomic mass is 16.5. The number of hydrogen-bond acceptors (Lipinski definition) is 6. The molecule has 4 aliphatic rings. The van der Waals surface area contributed by atoms with Crippen molar-refractivity contribution in [3.05, 3.63) is 35.9 Å². The van der Waals surface area contributed by atoms with Gasteiger partial charge in [0.25, 0.3) is 0 Å². The number of rotatable bonds is 4. The predicted octanol–water partition coefficient (Wildman–Crippen LogP) is 3.47. The fourth-order valence-corrected chi connectivity index (χ4v) is 9.07. The highest BCUT2D eigenvalue weighted by molar-refractivity contribution is 5.74. The van der Waals surface area contributed by atoms with Gasteiger partial charge in [-0.1, -0.05) is 51.1 Å². The van der Waals surface area contributed by atoms with Crippen LogP contribution in [0.5, 0.6) is 0 Å². The zero-order chi connectivity index (χ0) is 25.1. The molecule has 1 heterocycles. The topological polar surface area (TPSA) is 107 Å². The van der Waals surface area contributed by atoms with Crippen LogP contribution in [0.15, 0.2) is 30.3 Å². The molecule has 1 aromatic carbocycles. The number of cyclic esters (lactones) is 1. The van der Waals surface area contributed by atoms with E-state index in [4.69, 9.17) is 4.74 Å². The van der Waals surface area contributed by atoms with E-state index in [1.54, 1.807) is 0 Å². The lowest BCUT2D eigenvalue weighted by Gasteiger charge is -2.56. The summed E-state index contributed by atoms with van der Waals surface area (Å²) in [5.74, 6) is 0.431. The molecule has 1 aliphatic heterocycles. The predicted molar refractivity (Wildman–Crippen MR) is 131 cm³/mol. The molecule has 3 saturated carbocycles. The third kappa shape index (κ3) is 3.96. The minimum Gasteiger partial charge on any atom is -0.465 e. The summed E-state index contributed by atoms with van der Waals surface area (Å²) in [5, 5.41) is 43.0. The second-order valence-electron chi connectivity index (χ2n) is 12.6. The molecule has 35 heavy (non-hydrogen) atoms. The van der Waals surface area contributed by atoms with E-state index in [2.05, 4.69) is 20.8 Å². The summed E-state index contributed by atoms with van der Waals surface area (Å²) in [4.78, 5) is 13.0. The minimum absolute atomic E-state index is 0.00658. The van der Waals surface area contributed by atoms with Gasteiger partial charge < -0.3 is 25.2 Å². The number of hydrogen-bond donors (Lipinski definition) is 4. The SMILES string of the molecule is C[C@H]([C@@H](O)[C@H](O)c1ccccc1)[C@H]1CC[C@H]2[C@@H]3COC(=O)[C@H]4C[C@H](O)[C@H](O)C[C@]4(C)[C@H]3CC[C@]12C. The maximum absolute atomic E-state index is 13.0. The third-order valence-corrected chi connectivity index (χ3v) is 11.1. The molecule has 0 radical (unpaired) electrons. The van der Waals surface area contributed by atoms with Gasteiger partial charge in [-0.3, -0.25) is 4.79 Å². The third-order valence-electron chi connectivity index (χ3n) is 11.1. The normalized spacial score (nSPS) is 45.8. The van der Waals surface area contributed by atoms with Crippen LogP contribution in [0.4, 0.5) is 0 Å². The van der Waals surface area contributed by atoms with Gasteiger partial charge in [-0.2, -0.15) is 0 Å². The van der Waals surface area contributed by atoms with Crippen LogP contribution in [0.25, 0.3) is 0 Å². The molecular formula is C29H42O6. The lowest BCUT2D eigenvalue weighted by atomic mass is 9.48. The number of aliphatic hydroxyl groups excluding tert-OH is 4. The fraction of sp³-hybridized carbons (Fsp3) is 0.759. The molecular weight excluding hydrogens is 444 g/mol. The van der Waals surface area contributed by atoms with Gasteiger partial charge in [0.2, 0.25) is 0 Å². The molecule has 194 valence electrons. The first-order valence-electron chi connectivity index (χ1n) is 13.5. The van der Waals surface area contributed by atoms with E-state index in [9.17, 15) is 25.2 Å². The minimum atomic E-state index is -0.918. The number of ether oxygens (including phenoxy) is 1. The van der Waals surface area contributed by atoms with Crippen molar-refractivity contribution in [2.75, 3.05) is 6.61 Å². The molecule has 0 bridgehead atoms. The lowest BCUT2D eigenvalue weighted by Crippen LogP contribution is -2.54. The molecule has 6 nitrogen and oxygen atoms in total. The molecule has 4 N–H and O–H groups in total. The van der Waals surface area contributed by atoms with Gasteiger partial charge in [0, 0.05) is 0 Å². The van der Waals surface area contributed by atoms with Gasteiger partial charge >= 0.3 is 5.97 Å². The number of aliphatic hydroxyl groups is 4. The highest BCUT2D eigenvalue weighted by Crippen LogP contribution is 2.66. The van der Waals surface area contributed by atoms with Crippen LogP contribution in [0, 0.1) is 46.3 Å². The van der Waals surface area contributed by atoms with E-state index >= 15 is 0 Å². The van der Waals surface area contributed by atoms with Crippen molar-refractivity contribution in [2.45, 2.75) is 83.7 Å². The van der Waals surface area contributed by atoms with Crippen molar-refractivity contribution >= 4 is 5.97 Å². The van der Waals surface area contributed by atoms with E-state index in [0.717, 1.165) is 31.2 Å². The maximum atomic E-state index is 13.0. The van der Waals surface area contributed by atoms with Crippen molar-refractivity contribution in [1.29, 1.82) is 0 Å². The smallest absolute Gasteiger partial charge is 0.309 e. The number of carbonyl (C=O) groups is 1. The van der Waals surface area contributed by atoms with Crippen LogP contribution >= 0.6 is 0 Å². The lowest BCUT2D eigenvalue weighted by molar-refractivity contribution is -0.162. The highest BCUT2D eigenvalue weighted by Gasteiger charge is 2.63. The molecule has 1 saturated heterocycles. The summed E-state index contributed by atoms with van der Waals surface area (Å²) in [5.41, 5.74) is 0.348. The largest absolute Gasteiger partial charge is 0.465 e. The van der Waals surface area contributed by atoms with E-state index in [-0.39, 0.29) is 52.8 Å². The number of fused-ring (bicyclic) bond motifs is 5. The van der Waals surface area contributed by atoms with E-state index in [0.29, 0.717) is 18.9 Å². The summed E-state index contributed by atoms with van der Waals surface area (Å²) in [6.45, 7) is 6.95. The quantitative estimate of drug-likeness (QED) is 0.486. The Hall–Kier alpha value is -1.47. The summed E-state index contributed by atoms with van der Waals surface area (Å²) < 4.78 is 5.86. The van der Waals surface area contributed by atoms with Gasteiger partial charge in [-0.05, 0) is 84.5 Å². The van der Waals surface area contributed by atoms with Crippen molar-refractivity contribution < 1.29 is 30.0 Å².